The zero-order chi connectivity index (χ0) is 15.4. The molecule has 0 aliphatic carbocycles. The molecule has 1 fully saturated rings. The average molecular weight is 293 g/mol. The van der Waals surface area contributed by atoms with Gasteiger partial charge in [0.15, 0.2) is 0 Å². The highest BCUT2D eigenvalue weighted by Crippen LogP contribution is 2.17. The van der Waals surface area contributed by atoms with E-state index < -0.39 is 0 Å². The predicted molar refractivity (Wildman–Crippen MR) is 81.6 cm³/mol. The van der Waals surface area contributed by atoms with Crippen LogP contribution < -0.4 is 5.32 Å². The van der Waals surface area contributed by atoms with Gasteiger partial charge in [-0.05, 0) is 31.0 Å². The lowest BCUT2D eigenvalue weighted by atomic mass is 10.2. The van der Waals surface area contributed by atoms with Crippen molar-refractivity contribution < 1.29 is 4.79 Å². The molecular weight excluding hydrogens is 278 g/mol. The van der Waals surface area contributed by atoms with Crippen molar-refractivity contribution in [2.75, 3.05) is 18.4 Å². The molecule has 0 unspecified atom stereocenters. The molecule has 0 bridgehead atoms. The fourth-order valence-electron chi connectivity index (χ4n) is 2.44. The fourth-order valence-corrected chi connectivity index (χ4v) is 2.44. The lowest BCUT2D eigenvalue weighted by Gasteiger charge is -2.14. The molecule has 0 spiro atoms. The normalized spacial score (nSPS) is 13.7. The summed E-state index contributed by atoms with van der Waals surface area (Å²) < 4.78 is 0. The molecule has 1 N–H and O–H groups in total. The molecular formula is C16H15N5O. The molecule has 1 amide bonds. The molecule has 0 radical (unpaired) electrons. The van der Waals surface area contributed by atoms with E-state index >= 15 is 0 Å². The Labute approximate surface area is 128 Å². The van der Waals surface area contributed by atoms with Gasteiger partial charge in [0.1, 0.15) is 17.8 Å². The molecule has 1 saturated heterocycles. The van der Waals surface area contributed by atoms with E-state index in [1.807, 2.05) is 11.0 Å². The third-order valence-electron chi connectivity index (χ3n) is 3.54. The van der Waals surface area contributed by atoms with Crippen LogP contribution in [0.5, 0.6) is 0 Å². The van der Waals surface area contributed by atoms with E-state index in [9.17, 15) is 4.79 Å². The molecule has 3 rings (SSSR count). The van der Waals surface area contributed by atoms with Crippen molar-refractivity contribution in [3.05, 3.63) is 47.9 Å². The van der Waals surface area contributed by atoms with E-state index in [1.54, 1.807) is 24.3 Å². The van der Waals surface area contributed by atoms with Gasteiger partial charge in [-0.1, -0.05) is 6.07 Å². The minimum Gasteiger partial charge on any atom is -0.340 e. The van der Waals surface area contributed by atoms with Crippen LogP contribution in [-0.4, -0.2) is 33.9 Å². The number of benzene rings is 1. The maximum Gasteiger partial charge on any atom is 0.272 e. The van der Waals surface area contributed by atoms with Crippen molar-refractivity contribution in [3.8, 4) is 6.07 Å². The maximum atomic E-state index is 12.3. The monoisotopic (exact) mass is 293 g/mol. The van der Waals surface area contributed by atoms with Crippen molar-refractivity contribution in [1.82, 2.24) is 14.9 Å². The van der Waals surface area contributed by atoms with Crippen LogP contribution in [0.3, 0.4) is 0 Å². The summed E-state index contributed by atoms with van der Waals surface area (Å²) in [7, 11) is 0. The van der Waals surface area contributed by atoms with Crippen LogP contribution in [0.2, 0.25) is 0 Å². The molecule has 0 saturated carbocycles. The van der Waals surface area contributed by atoms with Crippen LogP contribution in [-0.2, 0) is 0 Å². The standard InChI is InChI=1S/C16H15N5O/c17-10-12-4-3-5-13(8-12)20-15-9-14(18-11-19-15)16(22)21-6-1-2-7-21/h3-5,8-9,11H,1-2,6-7H2,(H,18,19,20). The van der Waals surface area contributed by atoms with Gasteiger partial charge in [-0.3, -0.25) is 4.79 Å². The van der Waals surface area contributed by atoms with Gasteiger partial charge in [-0.2, -0.15) is 5.26 Å². The van der Waals surface area contributed by atoms with E-state index in [0.29, 0.717) is 17.1 Å². The van der Waals surface area contributed by atoms with Gasteiger partial charge in [-0.15, -0.1) is 0 Å². The number of carbonyl (C=O) groups excluding carboxylic acids is 1. The van der Waals surface area contributed by atoms with Gasteiger partial charge in [0.05, 0.1) is 11.6 Å². The summed E-state index contributed by atoms with van der Waals surface area (Å²) in [4.78, 5) is 22.3. The van der Waals surface area contributed by atoms with E-state index in [4.69, 9.17) is 5.26 Å². The van der Waals surface area contributed by atoms with Crippen molar-refractivity contribution in [2.24, 2.45) is 0 Å². The first-order valence-electron chi connectivity index (χ1n) is 7.15. The highest BCUT2D eigenvalue weighted by molar-refractivity contribution is 5.93. The summed E-state index contributed by atoms with van der Waals surface area (Å²) >= 11 is 0. The number of nitrogens with zero attached hydrogens (tertiary/aromatic N) is 4. The van der Waals surface area contributed by atoms with Gasteiger partial charge in [0.25, 0.3) is 5.91 Å². The largest absolute Gasteiger partial charge is 0.340 e. The van der Waals surface area contributed by atoms with Crippen LogP contribution in [0.25, 0.3) is 0 Å². The minimum absolute atomic E-state index is 0.0614. The zero-order valence-electron chi connectivity index (χ0n) is 12.0. The van der Waals surface area contributed by atoms with Crippen LogP contribution in [0.15, 0.2) is 36.7 Å². The minimum atomic E-state index is -0.0614. The summed E-state index contributed by atoms with van der Waals surface area (Å²) in [5.74, 6) is 0.473. The first-order chi connectivity index (χ1) is 10.8. The summed E-state index contributed by atoms with van der Waals surface area (Å²) in [6.45, 7) is 1.58. The van der Waals surface area contributed by atoms with E-state index in [0.717, 1.165) is 31.6 Å². The fraction of sp³-hybridized carbons (Fsp3) is 0.250. The number of nitrogens with one attached hydrogen (secondary N) is 1. The molecule has 1 aliphatic rings. The number of carbonyl (C=O) groups is 1. The van der Waals surface area contributed by atoms with Crippen LogP contribution in [0.4, 0.5) is 11.5 Å². The highest BCUT2D eigenvalue weighted by Gasteiger charge is 2.20. The number of hydrogen-bond donors (Lipinski definition) is 1. The first kappa shape index (κ1) is 14.0. The van der Waals surface area contributed by atoms with Gasteiger partial charge in [0, 0.05) is 24.8 Å². The molecule has 2 aromatic rings. The lowest BCUT2D eigenvalue weighted by molar-refractivity contribution is 0.0787. The van der Waals surface area contributed by atoms with Gasteiger partial charge >= 0.3 is 0 Å². The number of anilines is 2. The van der Waals surface area contributed by atoms with Crippen molar-refractivity contribution >= 4 is 17.4 Å². The quantitative estimate of drug-likeness (QED) is 0.939. The number of rotatable bonds is 3. The number of likely N-dealkylation sites (tertiary alicyclic amines) is 1. The Morgan fingerprint density at radius 1 is 1.23 bits per heavy atom. The van der Waals surface area contributed by atoms with E-state index in [-0.39, 0.29) is 5.91 Å². The average Bonchev–Trinajstić information content (AvgIpc) is 3.09. The lowest BCUT2D eigenvalue weighted by Crippen LogP contribution is -2.28. The molecule has 0 atom stereocenters. The van der Waals surface area contributed by atoms with Crippen molar-refractivity contribution in [1.29, 1.82) is 5.26 Å². The van der Waals surface area contributed by atoms with E-state index in [1.165, 1.54) is 6.33 Å². The second-order valence-electron chi connectivity index (χ2n) is 5.11. The molecule has 1 aromatic carbocycles. The number of aromatic nitrogens is 2. The SMILES string of the molecule is N#Cc1cccc(Nc2cc(C(=O)N3CCCC3)ncn2)c1. The summed E-state index contributed by atoms with van der Waals surface area (Å²) in [6, 6.07) is 10.8. The van der Waals surface area contributed by atoms with Crippen molar-refractivity contribution in [3.63, 3.8) is 0 Å². The Hall–Kier alpha value is -2.94. The summed E-state index contributed by atoms with van der Waals surface area (Å²) in [5, 5.41) is 12.0. The smallest absolute Gasteiger partial charge is 0.272 e. The Balaban J connectivity index is 1.78. The predicted octanol–water partition coefficient (Wildman–Crippen LogP) is 2.33. The molecule has 6 heteroatoms. The van der Waals surface area contributed by atoms with E-state index in [2.05, 4.69) is 21.4 Å². The third kappa shape index (κ3) is 3.04. The number of amides is 1. The molecule has 6 nitrogen and oxygen atoms in total. The van der Waals surface area contributed by atoms with Gasteiger partial charge < -0.3 is 10.2 Å². The van der Waals surface area contributed by atoms with Gasteiger partial charge in [-0.25, -0.2) is 9.97 Å². The Morgan fingerprint density at radius 2 is 2.05 bits per heavy atom. The molecule has 1 aromatic heterocycles. The van der Waals surface area contributed by atoms with Crippen molar-refractivity contribution in [2.45, 2.75) is 12.8 Å². The summed E-state index contributed by atoms with van der Waals surface area (Å²) in [5.41, 5.74) is 1.69. The Bertz CT molecular complexity index is 731. The third-order valence-corrected chi connectivity index (χ3v) is 3.54. The molecule has 1 aliphatic heterocycles. The molecule has 110 valence electrons. The topological polar surface area (TPSA) is 81.9 Å². The highest BCUT2D eigenvalue weighted by atomic mass is 16.2. The Kier molecular flexibility index (Phi) is 3.97. The second-order valence-corrected chi connectivity index (χ2v) is 5.11. The number of hydrogen-bond acceptors (Lipinski definition) is 5. The molecule has 22 heavy (non-hydrogen) atoms. The maximum absolute atomic E-state index is 12.3. The van der Waals surface area contributed by atoms with Gasteiger partial charge in [0.2, 0.25) is 0 Å². The second kappa shape index (κ2) is 6.22. The zero-order valence-corrected chi connectivity index (χ0v) is 12.0. The molecule has 2 heterocycles. The Morgan fingerprint density at radius 3 is 2.82 bits per heavy atom. The van der Waals surface area contributed by atoms with Crippen LogP contribution in [0.1, 0.15) is 28.9 Å². The van der Waals surface area contributed by atoms with Crippen LogP contribution in [0, 0.1) is 11.3 Å². The number of nitriles is 1. The van der Waals surface area contributed by atoms with Crippen LogP contribution >= 0.6 is 0 Å². The first-order valence-corrected chi connectivity index (χ1v) is 7.15. The summed E-state index contributed by atoms with van der Waals surface area (Å²) in [6.07, 6.45) is 3.46.